The molecule has 0 aromatic heterocycles. The molecule has 1 aliphatic rings. The number of nitrogens with one attached hydrogen (secondary N) is 1. The highest BCUT2D eigenvalue weighted by Crippen LogP contribution is 2.29. The molecule has 0 saturated carbocycles. The molecule has 0 spiro atoms. The lowest BCUT2D eigenvalue weighted by molar-refractivity contribution is -0.0524. The Kier molecular flexibility index (Phi) is 3.90. The Bertz CT molecular complexity index is 379. The Morgan fingerprint density at radius 2 is 2.12 bits per heavy atom. The lowest BCUT2D eigenvalue weighted by atomic mass is 9.99. The molecule has 1 N–H and O–H groups in total. The second kappa shape index (κ2) is 4.66. The zero-order valence-electron chi connectivity index (χ0n) is 8.12. The quantitative estimate of drug-likeness (QED) is 0.463. The maximum absolute atomic E-state index is 12.0. The van der Waals surface area contributed by atoms with Crippen LogP contribution >= 0.6 is 0 Å². The van der Waals surface area contributed by atoms with Crippen molar-refractivity contribution >= 4 is 18.1 Å². The first kappa shape index (κ1) is 13.4. The first-order valence-corrected chi connectivity index (χ1v) is 5.83. The molecule has 1 unspecified atom stereocenters. The van der Waals surface area contributed by atoms with E-state index in [4.69, 9.17) is 7.98 Å². The van der Waals surface area contributed by atoms with Gasteiger partial charge >= 0.3 is 15.6 Å². The largest absolute Gasteiger partial charge is 0.534 e. The third-order valence-electron chi connectivity index (χ3n) is 2.11. The Labute approximate surface area is 92.4 Å². The Morgan fingerprint density at radius 3 is 2.50 bits per heavy atom. The van der Waals surface area contributed by atoms with Crippen molar-refractivity contribution < 1.29 is 25.8 Å². The minimum Gasteiger partial charge on any atom is -0.381 e. The Hall–Kier alpha value is -0.695. The fraction of sp³-hybridized carbons (Fsp3) is 0.714. The van der Waals surface area contributed by atoms with Crippen molar-refractivity contribution in [3.05, 3.63) is 11.8 Å². The van der Waals surface area contributed by atoms with Crippen LogP contribution in [0, 0.1) is 0 Å². The van der Waals surface area contributed by atoms with Gasteiger partial charge in [0.05, 0.1) is 0 Å². The smallest absolute Gasteiger partial charge is 0.381 e. The first-order chi connectivity index (χ1) is 7.26. The first-order valence-electron chi connectivity index (χ1n) is 4.42. The molecule has 0 aromatic carbocycles. The predicted octanol–water partition coefficient (Wildman–Crippen LogP) is 0.962. The topological polar surface area (TPSA) is 55.4 Å². The van der Waals surface area contributed by atoms with E-state index in [1.165, 1.54) is 6.08 Å². The summed E-state index contributed by atoms with van der Waals surface area (Å²) < 4.78 is 61.1. The number of alkyl halides is 3. The van der Waals surface area contributed by atoms with Gasteiger partial charge in [-0.15, -0.1) is 0 Å². The normalized spacial score (nSPS) is 22.7. The highest BCUT2D eigenvalue weighted by molar-refractivity contribution is 7.87. The van der Waals surface area contributed by atoms with E-state index in [0.29, 0.717) is 12.8 Å². The summed E-state index contributed by atoms with van der Waals surface area (Å²) in [5.41, 5.74) is -5.39. The molecule has 0 amide bonds. The predicted molar refractivity (Wildman–Crippen MR) is 50.7 cm³/mol. The van der Waals surface area contributed by atoms with Gasteiger partial charge in [0.25, 0.3) is 0 Å². The van der Waals surface area contributed by atoms with E-state index >= 15 is 0 Å². The summed E-state index contributed by atoms with van der Waals surface area (Å²) in [5.74, 6) is -0.191. The molecule has 1 atom stereocenters. The van der Waals surface area contributed by atoms with Crippen LogP contribution in [0.15, 0.2) is 11.8 Å². The molecule has 0 fully saturated rings. The summed E-state index contributed by atoms with van der Waals surface area (Å²) >= 11 is 0. The van der Waals surface area contributed by atoms with Crippen LogP contribution in [0.3, 0.4) is 0 Å². The van der Waals surface area contributed by atoms with E-state index in [1.807, 2.05) is 0 Å². The minimum atomic E-state index is -5.54. The molecule has 0 heterocycles. The number of allylic oxidation sites excluding steroid dienone is 1. The third-order valence-corrected chi connectivity index (χ3v) is 3.11. The zero-order chi connectivity index (χ0) is 12.4. The molecular weight excluding hydrogens is 246 g/mol. The van der Waals surface area contributed by atoms with Crippen LogP contribution in [0.2, 0.25) is 0 Å². The van der Waals surface area contributed by atoms with E-state index in [-0.39, 0.29) is 18.2 Å². The van der Waals surface area contributed by atoms with E-state index in [0.717, 1.165) is 0 Å². The van der Waals surface area contributed by atoms with Gasteiger partial charge in [0.2, 0.25) is 0 Å². The molecule has 1 rings (SSSR count). The van der Waals surface area contributed by atoms with Gasteiger partial charge in [-0.3, -0.25) is 0 Å². The monoisotopic (exact) mass is 255 g/mol. The van der Waals surface area contributed by atoms with Crippen LogP contribution in [-0.4, -0.2) is 27.9 Å². The number of hydrogen-bond donors (Lipinski definition) is 1. The molecular formula is C7H9BF3NO3S. The van der Waals surface area contributed by atoms with E-state index < -0.39 is 15.6 Å². The van der Waals surface area contributed by atoms with Crippen molar-refractivity contribution in [3.63, 3.8) is 0 Å². The molecule has 90 valence electrons. The summed E-state index contributed by atoms with van der Waals surface area (Å²) in [6, 6.07) is -0.0686. The zero-order valence-corrected chi connectivity index (χ0v) is 8.94. The lowest BCUT2D eigenvalue weighted by Gasteiger charge is -2.21. The molecule has 0 aliphatic heterocycles. The van der Waals surface area contributed by atoms with Crippen molar-refractivity contribution in [2.75, 3.05) is 0 Å². The maximum atomic E-state index is 12.0. The van der Waals surface area contributed by atoms with Gasteiger partial charge in [0.1, 0.15) is 5.76 Å². The van der Waals surface area contributed by atoms with Crippen LogP contribution in [-0.2, 0) is 14.3 Å². The molecule has 0 saturated heterocycles. The molecule has 4 nitrogen and oxygen atoms in total. The standard InChI is InChI=1S/C7H9BF3NO3S/c8-12-5-1-3-6(4-2-5)15-16(13,14)7(9,10)11/h3,5,12H,1-2,4H2. The average Bonchev–Trinajstić information content (AvgIpc) is 2.16. The number of hydrogen-bond acceptors (Lipinski definition) is 4. The fourth-order valence-electron chi connectivity index (χ4n) is 1.23. The van der Waals surface area contributed by atoms with Crippen molar-refractivity contribution in [3.8, 4) is 0 Å². The highest BCUT2D eigenvalue weighted by atomic mass is 32.2. The number of halogens is 3. The maximum Gasteiger partial charge on any atom is 0.534 e. The van der Waals surface area contributed by atoms with Gasteiger partial charge in [-0.05, 0) is 25.0 Å². The van der Waals surface area contributed by atoms with Gasteiger partial charge in [-0.2, -0.15) is 21.6 Å². The average molecular weight is 255 g/mol. The van der Waals surface area contributed by atoms with Crippen LogP contribution in [0.25, 0.3) is 0 Å². The second-order valence-electron chi connectivity index (χ2n) is 3.29. The van der Waals surface area contributed by atoms with E-state index in [2.05, 4.69) is 9.41 Å². The molecule has 1 aliphatic carbocycles. The molecule has 2 radical (unpaired) electrons. The van der Waals surface area contributed by atoms with Gasteiger partial charge in [0.15, 0.2) is 7.98 Å². The van der Waals surface area contributed by atoms with Crippen molar-refractivity contribution in [2.24, 2.45) is 0 Å². The van der Waals surface area contributed by atoms with E-state index in [1.54, 1.807) is 0 Å². The Morgan fingerprint density at radius 1 is 1.50 bits per heavy atom. The molecule has 0 aromatic rings. The van der Waals surface area contributed by atoms with Crippen LogP contribution in [0.4, 0.5) is 13.2 Å². The highest BCUT2D eigenvalue weighted by Gasteiger charge is 2.48. The van der Waals surface area contributed by atoms with Crippen LogP contribution in [0.5, 0.6) is 0 Å². The fourth-order valence-corrected chi connectivity index (χ4v) is 1.75. The summed E-state index contributed by atoms with van der Waals surface area (Å²) in [5, 5.41) is 2.45. The lowest BCUT2D eigenvalue weighted by Crippen LogP contribution is -2.30. The van der Waals surface area contributed by atoms with Crippen molar-refractivity contribution in [2.45, 2.75) is 30.8 Å². The van der Waals surface area contributed by atoms with Crippen LogP contribution < -0.4 is 5.23 Å². The minimum absolute atomic E-state index is 0.0686. The summed E-state index contributed by atoms with van der Waals surface area (Å²) in [6.07, 6.45) is 2.15. The molecule has 16 heavy (non-hydrogen) atoms. The SMILES string of the molecule is [B]NC1CC=C(OS(=O)(=O)C(F)(F)F)CC1. The van der Waals surface area contributed by atoms with Gasteiger partial charge in [-0.1, -0.05) is 0 Å². The summed E-state index contributed by atoms with van der Waals surface area (Å²) in [4.78, 5) is 0. The van der Waals surface area contributed by atoms with Gasteiger partial charge in [-0.25, -0.2) is 0 Å². The summed E-state index contributed by atoms with van der Waals surface area (Å²) in [6.45, 7) is 0. The summed E-state index contributed by atoms with van der Waals surface area (Å²) in [7, 11) is -0.415. The van der Waals surface area contributed by atoms with Crippen molar-refractivity contribution in [1.29, 1.82) is 0 Å². The number of rotatable bonds is 3. The second-order valence-corrected chi connectivity index (χ2v) is 4.83. The third kappa shape index (κ3) is 3.15. The molecule has 9 heteroatoms. The van der Waals surface area contributed by atoms with Gasteiger partial charge in [0, 0.05) is 6.42 Å². The molecule has 0 bridgehead atoms. The van der Waals surface area contributed by atoms with Crippen LogP contribution in [0.1, 0.15) is 19.3 Å². The Balaban J connectivity index is 2.67. The van der Waals surface area contributed by atoms with E-state index in [9.17, 15) is 21.6 Å². The van der Waals surface area contributed by atoms with Crippen molar-refractivity contribution in [1.82, 2.24) is 5.23 Å². The van der Waals surface area contributed by atoms with Gasteiger partial charge < -0.3 is 9.41 Å².